The number of imidazole rings is 1. The third-order valence-corrected chi connectivity index (χ3v) is 5.71. The Hall–Kier alpha value is -3.04. The molecule has 10 heteroatoms. The number of carbonyl (C=O) groups is 1. The first kappa shape index (κ1) is 22.2. The predicted octanol–water partition coefficient (Wildman–Crippen LogP) is 5.63. The van der Waals surface area contributed by atoms with Crippen LogP contribution < -0.4 is 0 Å². The van der Waals surface area contributed by atoms with E-state index in [2.05, 4.69) is 4.98 Å². The number of aromatic nitrogens is 2. The third-order valence-electron chi connectivity index (χ3n) is 5.71. The molecule has 0 saturated carbocycles. The number of hydrogen-bond donors (Lipinski definition) is 0. The van der Waals surface area contributed by atoms with Crippen LogP contribution in [0.3, 0.4) is 0 Å². The summed E-state index contributed by atoms with van der Waals surface area (Å²) >= 11 is 0. The van der Waals surface area contributed by atoms with Crippen molar-refractivity contribution in [3.8, 4) is 0 Å². The summed E-state index contributed by atoms with van der Waals surface area (Å²) in [5, 5.41) is 0. The standard InChI is InChI=1S/C22H19F6N3O/c23-21(24,25)16-7-5-15(6-8-16)19(32)30-11-9-14(10-12-30)13-31-18-4-2-1-3-17(18)29-20(31)22(26,27)28/h1-8,14H,9-13H2. The Balaban J connectivity index is 1.44. The molecule has 1 aliphatic heterocycles. The van der Waals surface area contributed by atoms with Gasteiger partial charge in [-0.25, -0.2) is 4.98 Å². The average Bonchev–Trinajstić information content (AvgIpc) is 3.12. The molecule has 2 heterocycles. The van der Waals surface area contributed by atoms with Crippen molar-refractivity contribution in [3.05, 3.63) is 65.5 Å². The van der Waals surface area contributed by atoms with E-state index < -0.39 is 23.7 Å². The zero-order chi connectivity index (χ0) is 23.1. The Kier molecular flexibility index (Phi) is 5.64. The van der Waals surface area contributed by atoms with E-state index in [0.717, 1.165) is 24.3 Å². The normalized spacial score (nSPS) is 16.0. The van der Waals surface area contributed by atoms with Gasteiger partial charge in [0.15, 0.2) is 0 Å². The summed E-state index contributed by atoms with van der Waals surface area (Å²) in [6, 6.07) is 10.4. The van der Waals surface area contributed by atoms with Gasteiger partial charge in [-0.05, 0) is 55.2 Å². The zero-order valence-electron chi connectivity index (χ0n) is 16.7. The summed E-state index contributed by atoms with van der Waals surface area (Å²) in [6.45, 7) is 0.759. The second-order valence-corrected chi connectivity index (χ2v) is 7.84. The number of fused-ring (bicyclic) bond motifs is 1. The molecule has 0 atom stereocenters. The van der Waals surface area contributed by atoms with Crippen LogP contribution in [0.25, 0.3) is 11.0 Å². The molecular formula is C22H19F6N3O. The Morgan fingerprint density at radius 2 is 1.53 bits per heavy atom. The third kappa shape index (κ3) is 4.44. The van der Waals surface area contributed by atoms with E-state index in [1.807, 2.05) is 0 Å². The highest BCUT2D eigenvalue weighted by molar-refractivity contribution is 5.94. The van der Waals surface area contributed by atoms with Crippen LogP contribution in [0.4, 0.5) is 26.3 Å². The highest BCUT2D eigenvalue weighted by Crippen LogP contribution is 2.33. The minimum atomic E-state index is -4.59. The fraction of sp³-hybridized carbons (Fsp3) is 0.364. The maximum Gasteiger partial charge on any atom is 0.449 e. The number of piperidine rings is 1. The maximum absolute atomic E-state index is 13.5. The van der Waals surface area contributed by atoms with Crippen molar-refractivity contribution in [1.82, 2.24) is 14.5 Å². The summed E-state index contributed by atoms with van der Waals surface area (Å²) in [4.78, 5) is 17.9. The van der Waals surface area contributed by atoms with E-state index in [-0.39, 0.29) is 29.4 Å². The van der Waals surface area contributed by atoms with Crippen LogP contribution in [0, 0.1) is 5.92 Å². The van der Waals surface area contributed by atoms with E-state index in [1.54, 1.807) is 18.2 Å². The number of halogens is 6. The number of hydrogen-bond acceptors (Lipinski definition) is 2. The molecule has 1 aromatic heterocycles. The molecule has 0 bridgehead atoms. The van der Waals surface area contributed by atoms with E-state index in [1.165, 1.54) is 15.5 Å². The molecule has 0 radical (unpaired) electrons. The summed E-state index contributed by atoms with van der Waals surface area (Å²) in [5.41, 5.74) is -0.00461. The fourth-order valence-corrected chi connectivity index (χ4v) is 4.04. The lowest BCUT2D eigenvalue weighted by atomic mass is 9.96. The molecule has 1 amide bonds. The van der Waals surface area contributed by atoms with Crippen LogP contribution in [0.5, 0.6) is 0 Å². The number of benzene rings is 2. The van der Waals surface area contributed by atoms with E-state index in [9.17, 15) is 31.1 Å². The van der Waals surface area contributed by atoms with Gasteiger partial charge in [-0.15, -0.1) is 0 Å². The minimum Gasteiger partial charge on any atom is -0.339 e. The van der Waals surface area contributed by atoms with Crippen LogP contribution in [0.15, 0.2) is 48.5 Å². The second kappa shape index (κ2) is 8.14. The number of para-hydroxylation sites is 2. The molecule has 1 saturated heterocycles. The lowest BCUT2D eigenvalue weighted by molar-refractivity contribution is -0.147. The van der Waals surface area contributed by atoms with Crippen molar-refractivity contribution < 1.29 is 31.1 Å². The summed E-state index contributed by atoms with van der Waals surface area (Å²) in [5.74, 6) is -1.42. The van der Waals surface area contributed by atoms with E-state index in [0.29, 0.717) is 31.4 Å². The topological polar surface area (TPSA) is 38.1 Å². The number of likely N-dealkylation sites (tertiary alicyclic amines) is 1. The molecule has 0 N–H and O–H groups in total. The van der Waals surface area contributed by atoms with Crippen LogP contribution in [0.1, 0.15) is 34.6 Å². The fourth-order valence-electron chi connectivity index (χ4n) is 4.04. The van der Waals surface area contributed by atoms with Gasteiger partial charge in [0.25, 0.3) is 5.91 Å². The Morgan fingerprint density at radius 3 is 2.12 bits per heavy atom. The highest BCUT2D eigenvalue weighted by atomic mass is 19.4. The van der Waals surface area contributed by atoms with Crippen molar-refractivity contribution in [2.75, 3.05) is 13.1 Å². The first-order valence-corrected chi connectivity index (χ1v) is 10.0. The number of rotatable bonds is 3. The average molecular weight is 455 g/mol. The van der Waals surface area contributed by atoms with Gasteiger partial charge in [0.2, 0.25) is 5.82 Å². The Labute approximate surface area is 179 Å². The van der Waals surface area contributed by atoms with Gasteiger partial charge in [-0.1, -0.05) is 12.1 Å². The lowest BCUT2D eigenvalue weighted by Crippen LogP contribution is -2.39. The summed E-state index contributed by atoms with van der Waals surface area (Å²) < 4.78 is 79.8. The number of amides is 1. The van der Waals surface area contributed by atoms with E-state index >= 15 is 0 Å². The monoisotopic (exact) mass is 455 g/mol. The molecule has 0 unspecified atom stereocenters. The maximum atomic E-state index is 13.5. The molecule has 1 fully saturated rings. The molecular weight excluding hydrogens is 436 g/mol. The molecule has 32 heavy (non-hydrogen) atoms. The molecule has 0 aliphatic carbocycles. The van der Waals surface area contributed by atoms with Crippen LogP contribution >= 0.6 is 0 Å². The zero-order valence-corrected chi connectivity index (χ0v) is 16.7. The van der Waals surface area contributed by atoms with Crippen LogP contribution in [-0.2, 0) is 18.9 Å². The summed E-state index contributed by atoms with van der Waals surface area (Å²) in [7, 11) is 0. The van der Waals surface area contributed by atoms with Gasteiger partial charge in [0, 0.05) is 25.2 Å². The second-order valence-electron chi connectivity index (χ2n) is 7.84. The first-order valence-electron chi connectivity index (χ1n) is 10.0. The molecule has 4 nitrogen and oxygen atoms in total. The van der Waals surface area contributed by atoms with Crippen molar-refractivity contribution in [2.24, 2.45) is 5.92 Å². The van der Waals surface area contributed by atoms with Gasteiger partial charge in [0.05, 0.1) is 16.6 Å². The first-order chi connectivity index (χ1) is 15.0. The summed E-state index contributed by atoms with van der Waals surface area (Å²) in [6.07, 6.45) is -8.10. The van der Waals surface area contributed by atoms with Crippen LogP contribution in [-0.4, -0.2) is 33.4 Å². The quantitative estimate of drug-likeness (QED) is 0.481. The lowest BCUT2D eigenvalue weighted by Gasteiger charge is -2.32. The Morgan fingerprint density at radius 1 is 0.906 bits per heavy atom. The molecule has 0 spiro atoms. The minimum absolute atomic E-state index is 0.0923. The SMILES string of the molecule is O=C(c1ccc(C(F)(F)F)cc1)N1CCC(Cn2c(C(F)(F)F)nc3ccccc32)CC1. The van der Waals surface area contributed by atoms with Gasteiger partial charge in [-0.2, -0.15) is 26.3 Å². The van der Waals surface area contributed by atoms with E-state index in [4.69, 9.17) is 0 Å². The van der Waals surface area contributed by atoms with Crippen molar-refractivity contribution in [3.63, 3.8) is 0 Å². The number of nitrogens with zero attached hydrogens (tertiary/aromatic N) is 3. The van der Waals surface area contributed by atoms with Crippen molar-refractivity contribution in [1.29, 1.82) is 0 Å². The highest BCUT2D eigenvalue weighted by Gasteiger charge is 2.38. The molecule has 3 aromatic rings. The Bertz CT molecular complexity index is 1110. The van der Waals surface area contributed by atoms with Gasteiger partial charge >= 0.3 is 12.4 Å². The van der Waals surface area contributed by atoms with Crippen LogP contribution in [0.2, 0.25) is 0 Å². The van der Waals surface area contributed by atoms with Crippen molar-refractivity contribution in [2.45, 2.75) is 31.7 Å². The van der Waals surface area contributed by atoms with Gasteiger partial charge < -0.3 is 9.47 Å². The molecule has 2 aromatic carbocycles. The molecule has 1 aliphatic rings. The van der Waals surface area contributed by atoms with Gasteiger partial charge in [0.1, 0.15) is 0 Å². The van der Waals surface area contributed by atoms with Crippen molar-refractivity contribution >= 4 is 16.9 Å². The smallest absolute Gasteiger partial charge is 0.339 e. The predicted molar refractivity (Wildman–Crippen MR) is 105 cm³/mol. The molecule has 170 valence electrons. The largest absolute Gasteiger partial charge is 0.449 e. The molecule has 4 rings (SSSR count). The number of carbonyl (C=O) groups excluding carboxylic acids is 1. The van der Waals surface area contributed by atoms with Gasteiger partial charge in [-0.3, -0.25) is 4.79 Å². The number of alkyl halides is 6.